The summed E-state index contributed by atoms with van der Waals surface area (Å²) in [4.78, 5) is 23.4. The molecule has 0 saturated carbocycles. The van der Waals surface area contributed by atoms with E-state index in [4.69, 9.17) is 0 Å². The minimum Gasteiger partial charge on any atom is -0.386 e. The van der Waals surface area contributed by atoms with Crippen molar-refractivity contribution in [2.24, 2.45) is 0 Å². The van der Waals surface area contributed by atoms with Crippen LogP contribution in [0.2, 0.25) is 0 Å². The van der Waals surface area contributed by atoms with Crippen LogP contribution in [0.25, 0.3) is 0 Å². The van der Waals surface area contributed by atoms with Gasteiger partial charge in [-0.3, -0.25) is 4.39 Å². The van der Waals surface area contributed by atoms with Gasteiger partial charge in [-0.15, -0.1) is 0 Å². The molecular formula is C17H11F7O3. The van der Waals surface area contributed by atoms with Gasteiger partial charge in [0.2, 0.25) is 0 Å². The van der Waals surface area contributed by atoms with Crippen LogP contribution in [0.5, 0.6) is 0 Å². The molecule has 0 heterocycles. The molecule has 0 aromatic heterocycles. The largest absolute Gasteiger partial charge is 0.416 e. The van der Waals surface area contributed by atoms with Crippen molar-refractivity contribution in [1.29, 1.82) is 0 Å². The maximum absolute atomic E-state index is 12.4. The molecule has 3 nitrogen and oxygen atoms in total. The normalized spacial score (nSPS) is 11.3. The monoisotopic (exact) mass is 396 g/mol. The molecule has 0 aliphatic rings. The molecule has 0 saturated heterocycles. The van der Waals surface area contributed by atoms with Crippen molar-refractivity contribution in [3.05, 3.63) is 70.8 Å². The summed E-state index contributed by atoms with van der Waals surface area (Å²) in [5.74, 6) is -2.45. The fraction of sp³-hybridized carbons (Fsp3) is 0.176. The van der Waals surface area contributed by atoms with E-state index >= 15 is 0 Å². The number of alkyl halides is 7. The molecule has 0 fully saturated rings. The van der Waals surface area contributed by atoms with E-state index in [0.717, 1.165) is 24.3 Å². The molecule has 0 atom stereocenters. The van der Waals surface area contributed by atoms with Crippen molar-refractivity contribution in [3.8, 4) is 0 Å². The van der Waals surface area contributed by atoms with Crippen molar-refractivity contribution in [3.63, 3.8) is 0 Å². The average molecular weight is 396 g/mol. The molecule has 2 rings (SSSR count). The number of halogens is 7. The second-order valence-corrected chi connectivity index (χ2v) is 4.83. The summed E-state index contributed by atoms with van der Waals surface area (Å²) in [6.07, 6.45) is -9.17. The Bertz CT molecular complexity index is 709. The fourth-order valence-corrected chi connectivity index (χ4v) is 1.79. The molecule has 0 aliphatic heterocycles. The zero-order valence-corrected chi connectivity index (χ0v) is 13.5. The van der Waals surface area contributed by atoms with Crippen molar-refractivity contribution in [2.45, 2.75) is 12.4 Å². The predicted octanol–water partition coefficient (Wildman–Crippen LogP) is 5.31. The number of ether oxygens (including phenoxy) is 1. The minimum atomic E-state index is -4.58. The lowest BCUT2D eigenvalue weighted by atomic mass is 10.1. The van der Waals surface area contributed by atoms with Crippen LogP contribution in [0.3, 0.4) is 0 Å². The van der Waals surface area contributed by atoms with E-state index < -0.39 is 35.4 Å². The first-order valence-electron chi connectivity index (χ1n) is 6.97. The van der Waals surface area contributed by atoms with E-state index in [2.05, 4.69) is 4.74 Å². The van der Waals surface area contributed by atoms with Gasteiger partial charge < -0.3 is 4.74 Å². The smallest absolute Gasteiger partial charge is 0.386 e. The number of hydrogen-bond donors (Lipinski definition) is 0. The van der Waals surface area contributed by atoms with E-state index in [1.807, 2.05) is 0 Å². The first-order valence-corrected chi connectivity index (χ1v) is 6.97. The van der Waals surface area contributed by atoms with Crippen molar-refractivity contribution < 1.29 is 45.1 Å². The van der Waals surface area contributed by atoms with Crippen LogP contribution in [0.1, 0.15) is 31.8 Å². The first kappa shape index (κ1) is 22.1. The highest BCUT2D eigenvalue weighted by Gasteiger charge is 2.31. The fourth-order valence-electron chi connectivity index (χ4n) is 1.79. The number of hydrogen-bond acceptors (Lipinski definition) is 3. The number of benzene rings is 2. The quantitative estimate of drug-likeness (QED) is 0.393. The molecule has 0 bridgehead atoms. The van der Waals surface area contributed by atoms with Crippen molar-refractivity contribution in [1.82, 2.24) is 0 Å². The Morgan fingerprint density at radius 2 is 0.889 bits per heavy atom. The third-order valence-corrected chi connectivity index (χ3v) is 3.08. The van der Waals surface area contributed by atoms with Crippen LogP contribution in [0.15, 0.2) is 48.5 Å². The molecule has 0 unspecified atom stereocenters. The van der Waals surface area contributed by atoms with Crippen LogP contribution in [-0.4, -0.2) is 19.1 Å². The number of carbonyl (C=O) groups excluding carboxylic acids is 2. The van der Waals surface area contributed by atoms with Crippen molar-refractivity contribution >= 4 is 11.9 Å². The molecule has 0 spiro atoms. The van der Waals surface area contributed by atoms with Gasteiger partial charge in [0, 0.05) is 0 Å². The Balaban J connectivity index is 0.00000176. The second-order valence-electron chi connectivity index (χ2n) is 4.83. The van der Waals surface area contributed by atoms with E-state index in [-0.39, 0.29) is 11.1 Å². The predicted molar refractivity (Wildman–Crippen MR) is 79.7 cm³/mol. The molecule has 27 heavy (non-hydrogen) atoms. The molecule has 0 N–H and O–H groups in total. The standard InChI is InChI=1S/C16H8F6O3.CH3F/c17-15(18,19)11-5-1-9(2-6-11)13(23)25-14(24)10-3-7-12(8-4-10)16(20,21)22;1-2/h1-8H;1H3. The molecule has 0 amide bonds. The lowest BCUT2D eigenvalue weighted by Gasteiger charge is -2.08. The van der Waals surface area contributed by atoms with Gasteiger partial charge in [0.15, 0.2) is 0 Å². The average Bonchev–Trinajstić information content (AvgIpc) is 2.62. The van der Waals surface area contributed by atoms with Gasteiger partial charge >= 0.3 is 24.3 Å². The highest BCUT2D eigenvalue weighted by molar-refractivity contribution is 6.02. The van der Waals surface area contributed by atoms with E-state index in [1.54, 1.807) is 0 Å². The Labute approximate surface area is 148 Å². The maximum Gasteiger partial charge on any atom is 0.416 e. The van der Waals surface area contributed by atoms with Gasteiger partial charge in [-0.1, -0.05) is 0 Å². The summed E-state index contributed by atoms with van der Waals surface area (Å²) in [5.41, 5.74) is -2.60. The molecule has 2 aromatic carbocycles. The Hall–Kier alpha value is -2.91. The number of rotatable bonds is 2. The highest BCUT2D eigenvalue weighted by atomic mass is 19.4. The van der Waals surface area contributed by atoms with E-state index in [0.29, 0.717) is 31.4 Å². The summed E-state index contributed by atoms with van der Waals surface area (Å²) in [7, 11) is 0.500. The minimum absolute atomic E-state index is 0.312. The molecule has 0 radical (unpaired) electrons. The summed E-state index contributed by atoms with van der Waals surface area (Å²) in [6, 6.07) is 5.85. The van der Waals surface area contributed by atoms with Crippen LogP contribution in [0.4, 0.5) is 30.7 Å². The van der Waals surface area contributed by atoms with Gasteiger partial charge in [0.05, 0.1) is 29.4 Å². The zero-order valence-electron chi connectivity index (χ0n) is 13.5. The molecular weight excluding hydrogens is 385 g/mol. The van der Waals surface area contributed by atoms with E-state index in [9.17, 15) is 40.3 Å². The Kier molecular flexibility index (Phi) is 7.09. The molecule has 146 valence electrons. The lowest BCUT2D eigenvalue weighted by molar-refractivity contribution is -0.138. The number of esters is 2. The number of carbonyl (C=O) groups is 2. The van der Waals surface area contributed by atoms with Crippen LogP contribution >= 0.6 is 0 Å². The van der Waals surface area contributed by atoms with E-state index in [1.165, 1.54) is 0 Å². The van der Waals surface area contributed by atoms with Gasteiger partial charge in [0.25, 0.3) is 0 Å². The second kappa shape index (κ2) is 8.65. The Morgan fingerprint density at radius 3 is 1.11 bits per heavy atom. The van der Waals surface area contributed by atoms with Gasteiger partial charge in [-0.2, -0.15) is 26.3 Å². The summed E-state index contributed by atoms with van der Waals surface area (Å²) in [6.45, 7) is 0. The van der Waals surface area contributed by atoms with Gasteiger partial charge in [0.1, 0.15) is 0 Å². The van der Waals surface area contributed by atoms with Crippen LogP contribution in [-0.2, 0) is 17.1 Å². The van der Waals surface area contributed by atoms with Crippen molar-refractivity contribution in [2.75, 3.05) is 7.18 Å². The molecule has 0 aliphatic carbocycles. The highest BCUT2D eigenvalue weighted by Crippen LogP contribution is 2.30. The van der Waals surface area contributed by atoms with Crippen LogP contribution < -0.4 is 0 Å². The third kappa shape index (κ3) is 6.08. The summed E-state index contributed by atoms with van der Waals surface area (Å²) < 4.78 is 88.4. The topological polar surface area (TPSA) is 43.4 Å². The van der Waals surface area contributed by atoms with Gasteiger partial charge in [-0.05, 0) is 48.5 Å². The Morgan fingerprint density at radius 1 is 0.630 bits per heavy atom. The summed E-state index contributed by atoms with van der Waals surface area (Å²) in [5, 5.41) is 0. The SMILES string of the molecule is CF.O=C(OC(=O)c1ccc(C(F)(F)F)cc1)c1ccc(C(F)(F)F)cc1. The van der Waals surface area contributed by atoms with Crippen LogP contribution in [0, 0.1) is 0 Å². The zero-order chi connectivity index (χ0) is 20.8. The summed E-state index contributed by atoms with van der Waals surface area (Å²) >= 11 is 0. The third-order valence-electron chi connectivity index (χ3n) is 3.08. The van der Waals surface area contributed by atoms with Gasteiger partial charge in [-0.25, -0.2) is 9.59 Å². The molecule has 10 heteroatoms. The lowest BCUT2D eigenvalue weighted by Crippen LogP contribution is -2.14. The maximum atomic E-state index is 12.4. The molecule has 2 aromatic rings. The first-order chi connectivity index (χ1) is 12.5.